The zero-order valence-electron chi connectivity index (χ0n) is 13.0. The summed E-state index contributed by atoms with van der Waals surface area (Å²) in [5.74, 6) is -1.59. The van der Waals surface area contributed by atoms with E-state index in [9.17, 15) is 22.4 Å². The van der Waals surface area contributed by atoms with Crippen LogP contribution in [0.15, 0.2) is 47.4 Å². The Morgan fingerprint density at radius 2 is 1.62 bits per heavy atom. The van der Waals surface area contributed by atoms with Crippen molar-refractivity contribution in [1.82, 2.24) is 0 Å². The maximum atomic E-state index is 13.8. The van der Waals surface area contributed by atoms with Crippen LogP contribution in [0.25, 0.3) is 0 Å². The summed E-state index contributed by atoms with van der Waals surface area (Å²) in [6, 6.07) is 9.05. The second kappa shape index (κ2) is 6.79. The van der Waals surface area contributed by atoms with Gasteiger partial charge in [0.1, 0.15) is 5.82 Å². The van der Waals surface area contributed by atoms with Crippen LogP contribution in [-0.2, 0) is 14.6 Å². The standard InChI is InChI=1S/C16H15FN2O4S/c1-10(20)18-12-5-8-14(17)15(9-12)19-16(21)11-3-6-13(7-4-11)24(2,22)23/h3-9H,1-2H3,(H,18,20)(H,19,21). The topological polar surface area (TPSA) is 92.3 Å². The molecule has 2 amide bonds. The van der Waals surface area contributed by atoms with Gasteiger partial charge >= 0.3 is 0 Å². The third-order valence-electron chi connectivity index (χ3n) is 3.08. The number of nitrogens with one attached hydrogen (secondary N) is 2. The summed E-state index contributed by atoms with van der Waals surface area (Å²) in [7, 11) is -3.36. The second-order valence-corrected chi connectivity index (χ2v) is 7.14. The highest BCUT2D eigenvalue weighted by Gasteiger charge is 2.12. The highest BCUT2D eigenvalue weighted by molar-refractivity contribution is 7.90. The summed E-state index contributed by atoms with van der Waals surface area (Å²) < 4.78 is 36.6. The van der Waals surface area contributed by atoms with Gasteiger partial charge in [0.05, 0.1) is 10.6 Å². The summed E-state index contributed by atoms with van der Waals surface area (Å²) in [5.41, 5.74) is 0.414. The molecule has 0 bridgehead atoms. The lowest BCUT2D eigenvalue weighted by molar-refractivity contribution is -0.114. The molecule has 0 saturated heterocycles. The molecule has 0 fully saturated rings. The molecule has 0 aliphatic rings. The Kier molecular flexibility index (Phi) is 4.99. The lowest BCUT2D eigenvalue weighted by Crippen LogP contribution is -2.14. The zero-order valence-corrected chi connectivity index (χ0v) is 13.8. The van der Waals surface area contributed by atoms with Crippen molar-refractivity contribution in [3.05, 3.63) is 53.8 Å². The van der Waals surface area contributed by atoms with Gasteiger partial charge in [0.15, 0.2) is 9.84 Å². The van der Waals surface area contributed by atoms with Crippen LogP contribution in [0.1, 0.15) is 17.3 Å². The summed E-state index contributed by atoms with van der Waals surface area (Å²) in [6.45, 7) is 1.31. The molecule has 0 heterocycles. The molecule has 0 aliphatic heterocycles. The maximum Gasteiger partial charge on any atom is 0.255 e. The summed E-state index contributed by atoms with van der Waals surface area (Å²) in [6.07, 6.45) is 1.06. The predicted octanol–water partition coefficient (Wildman–Crippen LogP) is 2.44. The minimum atomic E-state index is -3.36. The monoisotopic (exact) mass is 350 g/mol. The lowest BCUT2D eigenvalue weighted by atomic mass is 10.2. The highest BCUT2D eigenvalue weighted by atomic mass is 32.2. The third-order valence-corrected chi connectivity index (χ3v) is 4.21. The first-order valence-electron chi connectivity index (χ1n) is 6.85. The molecule has 24 heavy (non-hydrogen) atoms. The molecule has 8 heteroatoms. The van der Waals surface area contributed by atoms with Crippen LogP contribution in [-0.4, -0.2) is 26.5 Å². The summed E-state index contributed by atoms with van der Waals surface area (Å²) in [5, 5.41) is 4.87. The van der Waals surface area contributed by atoms with Gasteiger partial charge in [-0.25, -0.2) is 12.8 Å². The number of anilines is 2. The molecular formula is C16H15FN2O4S. The number of sulfone groups is 1. The van der Waals surface area contributed by atoms with Crippen LogP contribution < -0.4 is 10.6 Å². The first kappa shape index (κ1) is 17.6. The van der Waals surface area contributed by atoms with E-state index >= 15 is 0 Å². The van der Waals surface area contributed by atoms with Crippen LogP contribution >= 0.6 is 0 Å². The average molecular weight is 350 g/mol. The number of carbonyl (C=O) groups is 2. The first-order valence-corrected chi connectivity index (χ1v) is 8.74. The van der Waals surface area contributed by atoms with E-state index in [1.54, 1.807) is 0 Å². The number of amides is 2. The van der Waals surface area contributed by atoms with Crippen LogP contribution in [0, 0.1) is 5.82 Å². The normalized spacial score (nSPS) is 11.0. The molecule has 2 aromatic carbocycles. The molecule has 0 aliphatic carbocycles. The molecule has 2 rings (SSSR count). The second-order valence-electron chi connectivity index (χ2n) is 5.13. The van der Waals surface area contributed by atoms with Gasteiger partial charge in [-0.1, -0.05) is 0 Å². The van der Waals surface area contributed by atoms with Gasteiger partial charge in [-0.3, -0.25) is 9.59 Å². The Labute approximate surface area is 138 Å². The average Bonchev–Trinajstić information content (AvgIpc) is 2.49. The fourth-order valence-electron chi connectivity index (χ4n) is 1.95. The molecule has 0 atom stereocenters. The Morgan fingerprint density at radius 3 is 2.17 bits per heavy atom. The Balaban J connectivity index is 2.21. The molecule has 0 unspecified atom stereocenters. The van der Waals surface area contributed by atoms with Crippen LogP contribution in [0.5, 0.6) is 0 Å². The van der Waals surface area contributed by atoms with Crippen molar-refractivity contribution in [3.8, 4) is 0 Å². The smallest absolute Gasteiger partial charge is 0.255 e. The van der Waals surface area contributed by atoms with E-state index in [-0.39, 0.29) is 22.1 Å². The van der Waals surface area contributed by atoms with Gasteiger partial charge in [0.25, 0.3) is 5.91 Å². The van der Waals surface area contributed by atoms with Gasteiger partial charge in [0.2, 0.25) is 5.91 Å². The molecule has 0 saturated carbocycles. The van der Waals surface area contributed by atoms with Crippen molar-refractivity contribution in [2.45, 2.75) is 11.8 Å². The SMILES string of the molecule is CC(=O)Nc1ccc(F)c(NC(=O)c2ccc(S(C)(=O)=O)cc2)c1. The van der Waals surface area contributed by atoms with Gasteiger partial charge in [0, 0.05) is 24.4 Å². The van der Waals surface area contributed by atoms with E-state index in [2.05, 4.69) is 10.6 Å². The quantitative estimate of drug-likeness (QED) is 0.886. The van der Waals surface area contributed by atoms with E-state index in [0.29, 0.717) is 5.69 Å². The van der Waals surface area contributed by atoms with E-state index in [0.717, 1.165) is 12.3 Å². The number of hydrogen-bond donors (Lipinski definition) is 2. The lowest BCUT2D eigenvalue weighted by Gasteiger charge is -2.09. The van der Waals surface area contributed by atoms with Gasteiger partial charge in [-0.15, -0.1) is 0 Å². The fraction of sp³-hybridized carbons (Fsp3) is 0.125. The van der Waals surface area contributed by atoms with Crippen LogP contribution in [0.3, 0.4) is 0 Å². The highest BCUT2D eigenvalue weighted by Crippen LogP contribution is 2.21. The number of halogens is 1. The van der Waals surface area contributed by atoms with Gasteiger partial charge < -0.3 is 10.6 Å². The molecule has 0 aromatic heterocycles. The van der Waals surface area contributed by atoms with Crippen LogP contribution in [0.2, 0.25) is 0 Å². The van der Waals surface area contributed by atoms with Crippen LogP contribution in [0.4, 0.5) is 15.8 Å². The Bertz CT molecular complexity index is 893. The predicted molar refractivity (Wildman–Crippen MR) is 88.2 cm³/mol. The Hall–Kier alpha value is -2.74. The van der Waals surface area contributed by atoms with Crippen molar-refractivity contribution < 1.29 is 22.4 Å². The summed E-state index contributed by atoms with van der Waals surface area (Å²) >= 11 is 0. The van der Waals surface area contributed by atoms with E-state index in [1.807, 2.05) is 0 Å². The van der Waals surface area contributed by atoms with Crippen molar-refractivity contribution in [3.63, 3.8) is 0 Å². The number of carbonyl (C=O) groups excluding carboxylic acids is 2. The molecule has 0 spiro atoms. The molecule has 126 valence electrons. The van der Waals surface area contributed by atoms with Gasteiger partial charge in [-0.2, -0.15) is 0 Å². The van der Waals surface area contributed by atoms with Crippen molar-refractivity contribution in [2.75, 3.05) is 16.9 Å². The minimum absolute atomic E-state index is 0.0814. The molecule has 2 N–H and O–H groups in total. The van der Waals surface area contributed by atoms with Gasteiger partial charge in [-0.05, 0) is 42.5 Å². The van der Waals surface area contributed by atoms with E-state index in [4.69, 9.17) is 0 Å². The maximum absolute atomic E-state index is 13.8. The number of benzene rings is 2. The zero-order chi connectivity index (χ0) is 17.9. The molecule has 0 radical (unpaired) electrons. The largest absolute Gasteiger partial charge is 0.326 e. The molecular weight excluding hydrogens is 335 g/mol. The van der Waals surface area contributed by atoms with Crippen molar-refractivity contribution in [2.24, 2.45) is 0 Å². The number of hydrogen-bond acceptors (Lipinski definition) is 4. The van der Waals surface area contributed by atoms with Crippen molar-refractivity contribution >= 4 is 33.0 Å². The fourth-order valence-corrected chi connectivity index (χ4v) is 2.58. The molecule has 6 nitrogen and oxygen atoms in total. The number of rotatable bonds is 4. The Morgan fingerprint density at radius 1 is 1.00 bits per heavy atom. The van der Waals surface area contributed by atoms with E-state index in [1.165, 1.54) is 43.3 Å². The minimum Gasteiger partial charge on any atom is -0.326 e. The third kappa shape index (κ3) is 4.39. The van der Waals surface area contributed by atoms with Crippen molar-refractivity contribution in [1.29, 1.82) is 0 Å². The first-order chi connectivity index (χ1) is 11.2. The summed E-state index contributed by atoms with van der Waals surface area (Å²) in [4.78, 5) is 23.3. The van der Waals surface area contributed by atoms with E-state index < -0.39 is 21.6 Å². The molecule has 2 aromatic rings.